The summed E-state index contributed by atoms with van der Waals surface area (Å²) in [7, 11) is 0. The molecule has 0 radical (unpaired) electrons. The maximum atomic E-state index is 12.1. The number of amides is 1. The summed E-state index contributed by atoms with van der Waals surface area (Å²) < 4.78 is 3.88. The van der Waals surface area contributed by atoms with E-state index in [0.29, 0.717) is 0 Å². The van der Waals surface area contributed by atoms with Gasteiger partial charge in [-0.1, -0.05) is 51.1 Å². The Hall–Kier alpha value is -1.85. The highest BCUT2D eigenvalue weighted by Crippen LogP contribution is 2.18. The summed E-state index contributed by atoms with van der Waals surface area (Å²) in [6.45, 7) is 6.95. The summed E-state index contributed by atoms with van der Waals surface area (Å²) in [4.78, 5) is 12.1. The van der Waals surface area contributed by atoms with E-state index < -0.39 is 0 Å². The van der Waals surface area contributed by atoms with E-state index in [1.165, 1.54) is 5.56 Å². The fourth-order valence-corrected chi connectivity index (χ4v) is 2.36. The lowest BCUT2D eigenvalue weighted by molar-refractivity contribution is -0.687. The summed E-state index contributed by atoms with van der Waals surface area (Å²) in [5.74, 6) is -0.0959. The SMILES string of the molecule is CC(C)(C)[C@@H](CO)NC(=O)Cn1cc[n+](Cc2ccccc2)c1.[Cl-]. The van der Waals surface area contributed by atoms with Crippen LogP contribution in [0.1, 0.15) is 26.3 Å². The van der Waals surface area contributed by atoms with E-state index in [1.807, 2.05) is 66.8 Å². The second kappa shape index (κ2) is 8.85. The molecular formula is C18H26ClN3O2. The van der Waals surface area contributed by atoms with Crippen LogP contribution >= 0.6 is 0 Å². The van der Waals surface area contributed by atoms with Crippen molar-refractivity contribution in [2.75, 3.05) is 6.61 Å². The van der Waals surface area contributed by atoms with Crippen molar-refractivity contribution in [2.24, 2.45) is 5.41 Å². The average Bonchev–Trinajstić information content (AvgIpc) is 2.91. The zero-order chi connectivity index (χ0) is 16.9. The standard InChI is InChI=1S/C18H25N3O2.ClH/c1-18(2,3)16(13-22)19-17(23)12-21-10-9-20(14-21)11-15-7-5-4-6-8-15;/h4-10,14,16,22H,11-13H2,1-3H3;1H/t16-;/m1./s1. The van der Waals surface area contributed by atoms with Gasteiger partial charge >= 0.3 is 0 Å². The number of hydrogen-bond donors (Lipinski definition) is 2. The molecular weight excluding hydrogens is 326 g/mol. The van der Waals surface area contributed by atoms with Gasteiger partial charge in [0.05, 0.1) is 12.6 Å². The van der Waals surface area contributed by atoms with E-state index >= 15 is 0 Å². The lowest BCUT2D eigenvalue weighted by atomic mass is 9.87. The molecule has 1 amide bonds. The minimum atomic E-state index is -0.248. The van der Waals surface area contributed by atoms with Crippen LogP contribution in [0.2, 0.25) is 0 Å². The Morgan fingerprint density at radius 3 is 2.54 bits per heavy atom. The number of hydrogen-bond acceptors (Lipinski definition) is 2. The number of aliphatic hydroxyl groups excluding tert-OH is 1. The molecule has 0 spiro atoms. The van der Waals surface area contributed by atoms with Gasteiger partial charge in [-0.15, -0.1) is 0 Å². The molecule has 1 aromatic heterocycles. The smallest absolute Gasteiger partial charge is 0.262 e. The van der Waals surface area contributed by atoms with Crippen molar-refractivity contribution >= 4 is 5.91 Å². The molecule has 1 aromatic carbocycles. The molecule has 2 N–H and O–H groups in total. The van der Waals surface area contributed by atoms with Gasteiger partial charge in [0.1, 0.15) is 18.9 Å². The van der Waals surface area contributed by atoms with Gasteiger partial charge in [0, 0.05) is 0 Å². The topological polar surface area (TPSA) is 58.1 Å². The van der Waals surface area contributed by atoms with Crippen molar-refractivity contribution in [2.45, 2.75) is 39.9 Å². The van der Waals surface area contributed by atoms with Crippen molar-refractivity contribution < 1.29 is 26.9 Å². The van der Waals surface area contributed by atoms with E-state index in [4.69, 9.17) is 0 Å². The first-order valence-corrected chi connectivity index (χ1v) is 7.87. The first-order valence-electron chi connectivity index (χ1n) is 7.87. The summed E-state index contributed by atoms with van der Waals surface area (Å²) in [5.41, 5.74) is 1.04. The van der Waals surface area contributed by atoms with Crippen LogP contribution in [0.4, 0.5) is 0 Å². The third kappa shape index (κ3) is 5.98. The normalized spacial score (nSPS) is 12.3. The monoisotopic (exact) mass is 351 g/mol. The van der Waals surface area contributed by atoms with Gasteiger partial charge in [-0.3, -0.25) is 4.79 Å². The first-order chi connectivity index (χ1) is 10.9. The van der Waals surface area contributed by atoms with Crippen LogP contribution in [0.25, 0.3) is 0 Å². The van der Waals surface area contributed by atoms with Crippen LogP contribution in [0, 0.1) is 5.41 Å². The largest absolute Gasteiger partial charge is 1.00 e. The Kier molecular flexibility index (Phi) is 7.45. The average molecular weight is 352 g/mol. The molecule has 0 bridgehead atoms. The van der Waals surface area contributed by atoms with Crippen molar-refractivity contribution in [3.8, 4) is 0 Å². The molecule has 0 saturated heterocycles. The summed E-state index contributed by atoms with van der Waals surface area (Å²) in [6, 6.07) is 9.93. The van der Waals surface area contributed by atoms with E-state index in [2.05, 4.69) is 17.4 Å². The Labute approximate surface area is 149 Å². The van der Waals surface area contributed by atoms with Crippen molar-refractivity contribution in [1.29, 1.82) is 0 Å². The predicted molar refractivity (Wildman–Crippen MR) is 88.6 cm³/mol. The van der Waals surface area contributed by atoms with Gasteiger partial charge in [-0.05, 0) is 11.0 Å². The molecule has 0 aliphatic rings. The van der Waals surface area contributed by atoms with Gasteiger partial charge in [-0.25, -0.2) is 9.13 Å². The molecule has 24 heavy (non-hydrogen) atoms. The van der Waals surface area contributed by atoms with Crippen LogP contribution < -0.4 is 22.3 Å². The van der Waals surface area contributed by atoms with Crippen molar-refractivity contribution in [3.63, 3.8) is 0 Å². The molecule has 2 rings (SSSR count). The number of nitrogens with one attached hydrogen (secondary N) is 1. The Bertz CT molecular complexity index is 635. The number of aliphatic hydroxyl groups is 1. The highest BCUT2D eigenvalue weighted by Gasteiger charge is 2.26. The van der Waals surface area contributed by atoms with Gasteiger partial charge in [0.25, 0.3) is 5.91 Å². The Balaban J connectivity index is 0.00000288. The molecule has 0 fully saturated rings. The summed E-state index contributed by atoms with van der Waals surface area (Å²) in [6.07, 6.45) is 5.75. The highest BCUT2D eigenvalue weighted by molar-refractivity contribution is 5.76. The third-order valence-corrected chi connectivity index (χ3v) is 3.84. The number of aromatic nitrogens is 2. The van der Waals surface area contributed by atoms with Gasteiger partial charge in [0.2, 0.25) is 6.33 Å². The number of rotatable bonds is 6. The van der Waals surface area contributed by atoms with Gasteiger partial charge in [-0.2, -0.15) is 0 Å². The van der Waals surface area contributed by atoms with Crippen LogP contribution in [0.15, 0.2) is 49.1 Å². The predicted octanol–water partition coefficient (Wildman–Crippen LogP) is -1.65. The van der Waals surface area contributed by atoms with Crippen LogP contribution in [0.3, 0.4) is 0 Å². The first kappa shape index (κ1) is 20.2. The number of halogens is 1. The second-order valence-corrected chi connectivity index (χ2v) is 6.91. The Morgan fingerprint density at radius 1 is 1.29 bits per heavy atom. The minimum absolute atomic E-state index is 0. The molecule has 5 nitrogen and oxygen atoms in total. The molecule has 2 aromatic rings. The molecule has 6 heteroatoms. The number of benzene rings is 1. The fraction of sp³-hybridized carbons (Fsp3) is 0.444. The molecule has 1 atom stereocenters. The molecule has 1 heterocycles. The van der Waals surface area contributed by atoms with E-state index in [9.17, 15) is 9.90 Å². The summed E-state index contributed by atoms with van der Waals surface area (Å²) >= 11 is 0. The van der Waals surface area contributed by atoms with Crippen molar-refractivity contribution in [1.82, 2.24) is 9.88 Å². The summed E-state index contributed by atoms with van der Waals surface area (Å²) in [5, 5.41) is 12.3. The van der Waals surface area contributed by atoms with Crippen molar-refractivity contribution in [3.05, 3.63) is 54.6 Å². The molecule has 0 aliphatic heterocycles. The van der Waals surface area contributed by atoms with E-state index in [1.54, 1.807) is 0 Å². The Morgan fingerprint density at radius 2 is 1.96 bits per heavy atom. The zero-order valence-electron chi connectivity index (χ0n) is 14.4. The van der Waals surface area contributed by atoms with Gasteiger partial charge in [0.15, 0.2) is 6.54 Å². The highest BCUT2D eigenvalue weighted by atomic mass is 35.5. The second-order valence-electron chi connectivity index (χ2n) is 6.91. The van der Waals surface area contributed by atoms with Gasteiger partial charge < -0.3 is 22.8 Å². The third-order valence-electron chi connectivity index (χ3n) is 3.84. The molecule has 0 saturated carbocycles. The maximum absolute atomic E-state index is 12.1. The number of carbonyl (C=O) groups is 1. The zero-order valence-corrected chi connectivity index (χ0v) is 15.2. The minimum Gasteiger partial charge on any atom is -1.00 e. The number of carbonyl (C=O) groups excluding carboxylic acids is 1. The lowest BCUT2D eigenvalue weighted by Gasteiger charge is -2.29. The molecule has 132 valence electrons. The quantitative estimate of drug-likeness (QED) is 0.613. The van der Waals surface area contributed by atoms with E-state index in [0.717, 1.165) is 6.54 Å². The van der Waals surface area contributed by atoms with E-state index in [-0.39, 0.29) is 42.9 Å². The lowest BCUT2D eigenvalue weighted by Crippen LogP contribution is -3.00. The number of imidazole rings is 1. The van der Waals surface area contributed by atoms with Crippen LogP contribution in [-0.4, -0.2) is 28.2 Å². The maximum Gasteiger partial charge on any atom is 0.262 e. The fourth-order valence-electron chi connectivity index (χ4n) is 2.36. The van der Waals surface area contributed by atoms with Crippen LogP contribution in [-0.2, 0) is 17.9 Å². The molecule has 0 unspecified atom stereocenters. The molecule has 0 aliphatic carbocycles. The number of nitrogens with zero attached hydrogens (tertiary/aromatic N) is 2. The van der Waals surface area contributed by atoms with Crippen LogP contribution in [0.5, 0.6) is 0 Å².